The summed E-state index contributed by atoms with van der Waals surface area (Å²) in [7, 11) is 0. The Bertz CT molecular complexity index is 898. The number of piperazine rings is 1. The van der Waals surface area contributed by atoms with Gasteiger partial charge >= 0.3 is 5.97 Å². The van der Waals surface area contributed by atoms with Crippen LogP contribution in [0.5, 0.6) is 0 Å². The second-order valence-electron chi connectivity index (χ2n) is 7.89. The van der Waals surface area contributed by atoms with Crippen LogP contribution in [-0.2, 0) is 9.53 Å². The van der Waals surface area contributed by atoms with Gasteiger partial charge in [-0.15, -0.1) is 0 Å². The van der Waals surface area contributed by atoms with Gasteiger partial charge in [0, 0.05) is 0 Å². The molecule has 1 fully saturated rings. The van der Waals surface area contributed by atoms with Gasteiger partial charge in [0.2, 0.25) is 0 Å². The molecule has 0 unspecified atom stereocenters. The molecule has 2 heterocycles. The van der Waals surface area contributed by atoms with Gasteiger partial charge in [0.05, 0.1) is 56.4 Å². The molecule has 7 nitrogen and oxygen atoms in total. The summed E-state index contributed by atoms with van der Waals surface area (Å²) >= 11 is 0. The topological polar surface area (TPSA) is 83.5 Å². The molecule has 0 saturated carbocycles. The minimum Gasteiger partial charge on any atom is -0.464 e. The molecule has 1 aromatic heterocycles. The van der Waals surface area contributed by atoms with Crippen molar-refractivity contribution in [1.82, 2.24) is 9.97 Å². The van der Waals surface area contributed by atoms with Crippen LogP contribution in [0.25, 0.3) is 11.0 Å². The molecule has 3 rings (SSSR count). The van der Waals surface area contributed by atoms with Crippen molar-refractivity contribution in [2.24, 2.45) is 5.92 Å². The number of hydrogen-bond acceptors (Lipinski definition) is 6. The molecule has 1 aliphatic heterocycles. The number of carbonyl (C=O) groups is 1. The summed E-state index contributed by atoms with van der Waals surface area (Å²) in [5.41, 5.74) is 1.86. The summed E-state index contributed by atoms with van der Waals surface area (Å²) in [6.45, 7) is 11.4. The monoisotopic (exact) mass is 410 g/mol. The Balaban J connectivity index is 1.93. The molecule has 0 bridgehead atoms. The number of nitrogens with one attached hydrogen (secondary N) is 1. The van der Waals surface area contributed by atoms with Crippen molar-refractivity contribution in [3.8, 4) is 6.07 Å². The average molecular weight is 411 g/mol. The van der Waals surface area contributed by atoms with E-state index in [9.17, 15) is 10.1 Å². The number of rotatable bonds is 8. The van der Waals surface area contributed by atoms with Crippen molar-refractivity contribution < 1.29 is 14.4 Å². The Labute approximate surface area is 178 Å². The number of para-hydroxylation sites is 2. The third-order valence-corrected chi connectivity index (χ3v) is 6.10. The van der Waals surface area contributed by atoms with Crippen molar-refractivity contribution in [2.45, 2.75) is 39.5 Å². The third-order valence-electron chi connectivity index (χ3n) is 6.10. The number of anilines is 1. The highest BCUT2D eigenvalue weighted by Gasteiger charge is 2.32. The van der Waals surface area contributed by atoms with Crippen molar-refractivity contribution in [2.75, 3.05) is 44.2 Å². The zero-order valence-electron chi connectivity index (χ0n) is 18.2. The number of hydrogen-bond donors (Lipinski definition) is 1. The third kappa shape index (κ3) is 4.88. The molecule has 30 heavy (non-hydrogen) atoms. The number of aromatic nitrogens is 2. The van der Waals surface area contributed by atoms with Gasteiger partial charge in [0.1, 0.15) is 5.69 Å². The zero-order chi connectivity index (χ0) is 21.5. The van der Waals surface area contributed by atoms with Crippen LogP contribution in [0.15, 0.2) is 24.3 Å². The van der Waals surface area contributed by atoms with E-state index in [2.05, 4.69) is 31.7 Å². The van der Waals surface area contributed by atoms with Crippen LogP contribution in [0.1, 0.15) is 45.2 Å². The number of nitriles is 1. The SMILES string of the molecule is CCC(CC)COC(=O)[C@@H](C#N)c1nc2ccccc2nc1N1CC[NH+](CC)CC1. The first-order valence-corrected chi connectivity index (χ1v) is 11.0. The maximum Gasteiger partial charge on any atom is 0.329 e. The summed E-state index contributed by atoms with van der Waals surface area (Å²) in [5.74, 6) is -0.675. The predicted octanol–water partition coefficient (Wildman–Crippen LogP) is 1.94. The average Bonchev–Trinajstić information content (AvgIpc) is 2.80. The van der Waals surface area contributed by atoms with Gasteiger partial charge in [0.25, 0.3) is 0 Å². The number of quaternary nitrogens is 1. The number of carbonyl (C=O) groups excluding carboxylic acids is 1. The summed E-state index contributed by atoms with van der Waals surface area (Å²) in [6.07, 6.45) is 1.87. The number of fused-ring (bicyclic) bond motifs is 1. The standard InChI is InChI=1S/C23H31N5O2/c1-4-17(5-2)16-30-23(29)18(15-24)21-22(28-13-11-27(6-3)12-14-28)26-20-10-8-7-9-19(20)25-21/h7-10,17-18H,4-6,11-14,16H2,1-3H3/p+1/t18-/m0/s1. The Morgan fingerprint density at radius 2 is 1.80 bits per heavy atom. The maximum atomic E-state index is 12.8. The van der Waals surface area contributed by atoms with Gasteiger partial charge < -0.3 is 14.5 Å². The van der Waals surface area contributed by atoms with Gasteiger partial charge in [-0.3, -0.25) is 4.79 Å². The minimum atomic E-state index is -1.08. The van der Waals surface area contributed by atoms with E-state index in [1.807, 2.05) is 24.3 Å². The fourth-order valence-electron chi connectivity index (χ4n) is 3.85. The number of nitrogens with zero attached hydrogens (tertiary/aromatic N) is 4. The largest absolute Gasteiger partial charge is 0.464 e. The van der Waals surface area contributed by atoms with Crippen LogP contribution in [0.4, 0.5) is 5.82 Å². The molecule has 0 spiro atoms. The highest BCUT2D eigenvalue weighted by Crippen LogP contribution is 2.28. The second kappa shape index (κ2) is 10.4. The maximum absolute atomic E-state index is 12.8. The molecule has 0 radical (unpaired) electrons. The fraction of sp³-hybridized carbons (Fsp3) is 0.565. The predicted molar refractivity (Wildman–Crippen MR) is 116 cm³/mol. The minimum absolute atomic E-state index is 0.306. The van der Waals surface area contributed by atoms with Crippen molar-refractivity contribution in [3.05, 3.63) is 30.0 Å². The van der Waals surface area contributed by atoms with Crippen molar-refractivity contribution >= 4 is 22.8 Å². The van der Waals surface area contributed by atoms with Crippen LogP contribution in [-0.4, -0.2) is 55.3 Å². The van der Waals surface area contributed by atoms with Crippen LogP contribution in [0, 0.1) is 17.2 Å². The fourth-order valence-corrected chi connectivity index (χ4v) is 3.85. The molecule has 0 aliphatic carbocycles. The summed E-state index contributed by atoms with van der Waals surface area (Å²) in [4.78, 5) is 26.1. The molecule has 0 amide bonds. The van der Waals surface area contributed by atoms with E-state index < -0.39 is 11.9 Å². The van der Waals surface area contributed by atoms with Crippen LogP contribution in [0.2, 0.25) is 0 Å². The Morgan fingerprint density at radius 1 is 1.17 bits per heavy atom. The first kappa shape index (κ1) is 22.0. The first-order valence-electron chi connectivity index (χ1n) is 11.0. The molecule has 1 N–H and O–H groups in total. The molecule has 1 aromatic carbocycles. The lowest BCUT2D eigenvalue weighted by molar-refractivity contribution is -0.898. The van der Waals surface area contributed by atoms with E-state index in [-0.39, 0.29) is 0 Å². The molecule has 2 aromatic rings. The first-order chi connectivity index (χ1) is 14.6. The van der Waals surface area contributed by atoms with E-state index in [0.717, 1.165) is 51.1 Å². The Morgan fingerprint density at radius 3 is 2.37 bits per heavy atom. The van der Waals surface area contributed by atoms with E-state index in [1.165, 1.54) is 0 Å². The molecule has 1 atom stereocenters. The molecular weight excluding hydrogens is 378 g/mol. The van der Waals surface area contributed by atoms with Gasteiger partial charge in [0.15, 0.2) is 11.7 Å². The van der Waals surface area contributed by atoms with Crippen LogP contribution >= 0.6 is 0 Å². The molecule has 1 aliphatic rings. The van der Waals surface area contributed by atoms with E-state index in [0.29, 0.717) is 29.6 Å². The summed E-state index contributed by atoms with van der Waals surface area (Å²) in [5, 5.41) is 9.86. The van der Waals surface area contributed by atoms with Crippen molar-refractivity contribution in [1.29, 1.82) is 5.26 Å². The number of likely N-dealkylation sites (N-methyl/N-ethyl adjacent to an activating group) is 1. The Kier molecular flexibility index (Phi) is 7.58. The van der Waals surface area contributed by atoms with Gasteiger partial charge in [-0.25, -0.2) is 9.97 Å². The number of esters is 1. The lowest BCUT2D eigenvalue weighted by Crippen LogP contribution is -3.14. The summed E-state index contributed by atoms with van der Waals surface area (Å²) < 4.78 is 5.53. The smallest absolute Gasteiger partial charge is 0.329 e. The quantitative estimate of drug-likeness (QED) is 0.670. The number of ether oxygens (including phenoxy) is 1. The zero-order valence-corrected chi connectivity index (χ0v) is 18.2. The van der Waals surface area contributed by atoms with Crippen LogP contribution < -0.4 is 9.80 Å². The number of benzene rings is 1. The Hall–Kier alpha value is -2.72. The van der Waals surface area contributed by atoms with E-state index >= 15 is 0 Å². The highest BCUT2D eigenvalue weighted by atomic mass is 16.5. The normalized spacial score (nSPS) is 15.9. The molecule has 1 saturated heterocycles. The highest BCUT2D eigenvalue weighted by molar-refractivity contribution is 5.85. The lowest BCUT2D eigenvalue weighted by atomic mass is 10.0. The van der Waals surface area contributed by atoms with Crippen molar-refractivity contribution in [3.63, 3.8) is 0 Å². The van der Waals surface area contributed by atoms with E-state index in [4.69, 9.17) is 14.7 Å². The van der Waals surface area contributed by atoms with Gasteiger partial charge in [-0.2, -0.15) is 5.26 Å². The second-order valence-corrected chi connectivity index (χ2v) is 7.89. The molecule has 160 valence electrons. The lowest BCUT2D eigenvalue weighted by Gasteiger charge is -2.33. The van der Waals surface area contributed by atoms with Crippen LogP contribution in [0.3, 0.4) is 0 Å². The van der Waals surface area contributed by atoms with Gasteiger partial charge in [-0.05, 0) is 25.0 Å². The molecular formula is C23H32N5O2+. The van der Waals surface area contributed by atoms with Gasteiger partial charge in [-0.1, -0.05) is 38.8 Å². The van der Waals surface area contributed by atoms with E-state index in [1.54, 1.807) is 4.90 Å². The summed E-state index contributed by atoms with van der Waals surface area (Å²) in [6, 6.07) is 9.71. The molecule has 7 heteroatoms.